The lowest BCUT2D eigenvalue weighted by atomic mass is 9.79. The maximum Gasteiger partial charge on any atom is 0.251 e. The minimum Gasteiger partial charge on any atom is -0.494 e. The fraction of sp³-hybridized carbons (Fsp3) is 0.772. The van der Waals surface area contributed by atoms with Gasteiger partial charge >= 0.3 is 0 Å². The molecule has 500 valence electrons. The van der Waals surface area contributed by atoms with Crippen molar-refractivity contribution in [3.63, 3.8) is 0 Å². The molecule has 0 spiro atoms. The number of aliphatic hydroxyl groups is 12. The van der Waals surface area contributed by atoms with Crippen LogP contribution in [0.3, 0.4) is 0 Å². The Balaban J connectivity index is 1.18. The number of rotatable bonds is 29. The number of carbonyl (C=O) groups is 5. The van der Waals surface area contributed by atoms with E-state index in [4.69, 9.17) is 42.6 Å². The van der Waals surface area contributed by atoms with E-state index < -0.39 is 215 Å². The molecular formula is C57H91N5O26. The first-order valence-corrected chi connectivity index (χ1v) is 29.8. The Kier molecular flexibility index (Phi) is 28.5. The van der Waals surface area contributed by atoms with Crippen molar-refractivity contribution in [1.82, 2.24) is 26.6 Å². The molecule has 6 rings (SSSR count). The zero-order chi connectivity index (χ0) is 64.5. The molecule has 5 fully saturated rings. The quantitative estimate of drug-likeness (QED) is 0.0263. The summed E-state index contributed by atoms with van der Waals surface area (Å²) in [6, 6.07) is -1.80. The molecule has 4 heterocycles. The van der Waals surface area contributed by atoms with Gasteiger partial charge in [-0.05, 0) is 50.3 Å². The second-order valence-electron chi connectivity index (χ2n) is 22.7. The van der Waals surface area contributed by atoms with Gasteiger partial charge in [0, 0.05) is 45.8 Å². The molecule has 0 aromatic heterocycles. The first-order chi connectivity index (χ1) is 42.0. The second-order valence-corrected chi connectivity index (χ2v) is 22.7. The van der Waals surface area contributed by atoms with Crippen LogP contribution in [0.5, 0.6) is 5.75 Å². The Morgan fingerprint density at radius 1 is 0.500 bits per heavy atom. The number of unbranched alkanes of at least 4 members (excludes halogenated alkanes) is 5. The lowest BCUT2D eigenvalue weighted by molar-refractivity contribution is -0.358. The van der Waals surface area contributed by atoms with Crippen LogP contribution in [0.15, 0.2) is 36.4 Å². The number of allylic oxidation sites excluding steroid dienone is 2. The number of ether oxygens (including phenoxy) is 9. The molecule has 0 radical (unpaired) electrons. The van der Waals surface area contributed by atoms with Gasteiger partial charge in [0.2, 0.25) is 23.6 Å². The lowest BCUT2D eigenvalue weighted by Gasteiger charge is -2.51. The summed E-state index contributed by atoms with van der Waals surface area (Å²) in [5, 5.41) is 146. The lowest BCUT2D eigenvalue weighted by Crippen LogP contribution is -2.71. The van der Waals surface area contributed by atoms with E-state index in [0.29, 0.717) is 18.8 Å². The topological polar surface area (TPSA) is 471 Å². The van der Waals surface area contributed by atoms with Crippen molar-refractivity contribution in [2.24, 2.45) is 5.92 Å². The van der Waals surface area contributed by atoms with Crippen molar-refractivity contribution in [1.29, 1.82) is 0 Å². The molecule has 4 saturated heterocycles. The molecule has 88 heavy (non-hydrogen) atoms. The molecule has 4 aliphatic heterocycles. The normalized spacial score (nSPS) is 37.8. The van der Waals surface area contributed by atoms with Crippen molar-refractivity contribution in [2.45, 2.75) is 233 Å². The van der Waals surface area contributed by atoms with E-state index in [1.165, 1.54) is 25.0 Å². The third-order valence-corrected chi connectivity index (χ3v) is 16.1. The number of aliphatic hydroxyl groups excluding tert-OH is 12. The highest BCUT2D eigenvalue weighted by molar-refractivity contribution is 5.94. The number of amides is 5. The summed E-state index contributed by atoms with van der Waals surface area (Å²) in [5.74, 6) is -4.53. The first kappa shape index (κ1) is 72.4. The molecule has 1 saturated carbocycles. The van der Waals surface area contributed by atoms with Crippen molar-refractivity contribution in [2.75, 3.05) is 39.6 Å². The molecular weight excluding hydrogens is 1170 g/mol. The predicted molar refractivity (Wildman–Crippen MR) is 300 cm³/mol. The summed E-state index contributed by atoms with van der Waals surface area (Å²) < 4.78 is 54.4. The molecule has 1 aromatic rings. The monoisotopic (exact) mass is 1260 g/mol. The van der Waals surface area contributed by atoms with Crippen LogP contribution in [0.4, 0.5) is 0 Å². The summed E-state index contributed by atoms with van der Waals surface area (Å²) in [6.07, 6.45) is -21.6. The molecule has 5 aliphatic rings. The van der Waals surface area contributed by atoms with Gasteiger partial charge in [-0.3, -0.25) is 24.0 Å². The number of nitrogens with one attached hydrogen (secondary N) is 5. The maximum atomic E-state index is 13.9. The van der Waals surface area contributed by atoms with E-state index in [-0.39, 0.29) is 12.0 Å². The maximum absolute atomic E-state index is 13.9. The third-order valence-electron chi connectivity index (χ3n) is 16.1. The van der Waals surface area contributed by atoms with Crippen molar-refractivity contribution in [3.8, 4) is 5.75 Å². The molecule has 1 aliphatic carbocycles. The van der Waals surface area contributed by atoms with Gasteiger partial charge in [-0.2, -0.15) is 0 Å². The highest BCUT2D eigenvalue weighted by Crippen LogP contribution is 2.38. The predicted octanol–water partition coefficient (Wildman–Crippen LogP) is -5.56. The van der Waals surface area contributed by atoms with E-state index in [2.05, 4.69) is 45.7 Å². The molecule has 12 unspecified atom stereocenters. The van der Waals surface area contributed by atoms with Gasteiger partial charge in [0.25, 0.3) is 5.91 Å². The van der Waals surface area contributed by atoms with E-state index in [9.17, 15) is 85.3 Å². The van der Waals surface area contributed by atoms with Crippen molar-refractivity contribution in [3.05, 3.63) is 42.0 Å². The standard InChI is InChI=1S/C57H91N5O26/c1-6-7-8-9-10-11-12-13-14-18-80-32-17-15-16-30(19-32)53(78)62-40-44(73)43(72)34(22-64)83-55(40)87-51-37(25-67)85-57(42(48(51)77)61-29(5)71)88-52-36(24-66)84-56(41(47(52)76)60-28(4)70)86-49-31(21-63)20-33(38(45(49)74)58-26(2)68)81-50-35(23-65)82-54(79)39(46(50)75)59-27(3)69/h11-12,15-17,19,31,33-52,54-57,63-67,72-77,79H,6-10,13-14,18,20-25H2,1-5H3,(H,58,68)(H,59,69)(H,60,70)(H,61,71)(H,62,78)/b12-11-/t31-,33?,34?,35?,36?,37-,38?,39-,40-,41-,42?,43+,44+,45?,46+,47+,48?,49+,50?,51+,52?,54+,55?,56-,57?/m0/s1. The minimum absolute atomic E-state index is 0.0631. The Morgan fingerprint density at radius 3 is 1.48 bits per heavy atom. The van der Waals surface area contributed by atoms with E-state index >= 15 is 0 Å². The van der Waals surface area contributed by atoms with Crippen LogP contribution in [0, 0.1) is 5.92 Å². The highest BCUT2D eigenvalue weighted by Gasteiger charge is 2.57. The SMILES string of the molecule is CCCCCC/C=C\CCCOc1cccc(C(=O)N[C@@H]2C(O[C@H]3C(O)C(NC(C)=O)C(OC4C(CO)O[C@@H](O[C@H]5C(O)C(NC(C)=O)C(OC6C(CO)O[C@@H](O)[C@@H](NC(C)=O)[C@H]6O)C[C@H]5CO)[C@@H](NC(C)=O)[C@H]4O)O[C@H]3CO)OC(CO)[C@@H](O)[C@@H]2O)c1. The van der Waals surface area contributed by atoms with Crippen LogP contribution in [0.1, 0.15) is 96.3 Å². The summed E-state index contributed by atoms with van der Waals surface area (Å²) in [4.78, 5) is 64.2. The Hall–Kier alpha value is -4.69. The van der Waals surface area contributed by atoms with Gasteiger partial charge in [0.1, 0.15) is 109 Å². The van der Waals surface area contributed by atoms with E-state index in [0.717, 1.165) is 53.4 Å². The van der Waals surface area contributed by atoms with Gasteiger partial charge in [0.15, 0.2) is 25.2 Å². The third kappa shape index (κ3) is 18.7. The molecule has 1 aromatic carbocycles. The average molecular weight is 1260 g/mol. The van der Waals surface area contributed by atoms with Gasteiger partial charge < -0.3 is 130 Å². The zero-order valence-electron chi connectivity index (χ0n) is 49.9. The number of benzene rings is 1. The smallest absolute Gasteiger partial charge is 0.251 e. The molecule has 5 amide bonds. The van der Waals surface area contributed by atoms with Gasteiger partial charge in [0.05, 0.1) is 51.3 Å². The summed E-state index contributed by atoms with van der Waals surface area (Å²) in [5.41, 5.74) is 0.0631. The Bertz CT molecular complexity index is 2400. The average Bonchev–Trinajstić information content (AvgIpc) is 1.44. The largest absolute Gasteiger partial charge is 0.494 e. The summed E-state index contributed by atoms with van der Waals surface area (Å²) in [7, 11) is 0. The van der Waals surface area contributed by atoms with Crippen LogP contribution in [-0.2, 0) is 57.1 Å². The van der Waals surface area contributed by atoms with Crippen LogP contribution in [-0.4, -0.2) is 277 Å². The molecule has 0 bridgehead atoms. The van der Waals surface area contributed by atoms with Crippen LogP contribution >= 0.6 is 0 Å². The fourth-order valence-corrected chi connectivity index (χ4v) is 11.6. The second kappa shape index (κ2) is 34.7. The van der Waals surface area contributed by atoms with Gasteiger partial charge in [-0.25, -0.2) is 0 Å². The van der Waals surface area contributed by atoms with Crippen molar-refractivity contribution >= 4 is 29.5 Å². The molecule has 31 nitrogen and oxygen atoms in total. The molecule has 31 heteroatoms. The van der Waals surface area contributed by atoms with Crippen molar-refractivity contribution < 1.29 is 128 Å². The molecule has 25 atom stereocenters. The van der Waals surface area contributed by atoms with E-state index in [1.54, 1.807) is 12.1 Å². The highest BCUT2D eigenvalue weighted by atomic mass is 16.8. The Labute approximate surface area is 508 Å². The zero-order valence-corrected chi connectivity index (χ0v) is 49.9. The number of hydrogen-bond acceptors (Lipinski definition) is 26. The number of carbonyl (C=O) groups excluding carboxylic acids is 5. The number of hydrogen-bond donors (Lipinski definition) is 17. The van der Waals surface area contributed by atoms with Crippen LogP contribution in [0.2, 0.25) is 0 Å². The van der Waals surface area contributed by atoms with Gasteiger partial charge in [-0.1, -0.05) is 44.4 Å². The fourth-order valence-electron chi connectivity index (χ4n) is 11.6. The summed E-state index contributed by atoms with van der Waals surface area (Å²) >= 11 is 0. The Morgan fingerprint density at radius 2 is 0.955 bits per heavy atom. The summed E-state index contributed by atoms with van der Waals surface area (Å²) in [6.45, 7) is 2.46. The molecule has 17 N–H and O–H groups in total. The first-order valence-electron chi connectivity index (χ1n) is 29.8. The van der Waals surface area contributed by atoms with Crippen LogP contribution in [0.25, 0.3) is 0 Å². The minimum atomic E-state index is -1.99. The van der Waals surface area contributed by atoms with Crippen LogP contribution < -0.4 is 31.3 Å². The van der Waals surface area contributed by atoms with Gasteiger partial charge in [-0.15, -0.1) is 0 Å². The van der Waals surface area contributed by atoms with E-state index in [1.807, 2.05) is 0 Å².